The van der Waals surface area contributed by atoms with Gasteiger partial charge in [-0.05, 0) is 32.1 Å². The fraction of sp³-hybridized carbons (Fsp3) is 1.00. The fourth-order valence-electron chi connectivity index (χ4n) is 2.27. The summed E-state index contributed by atoms with van der Waals surface area (Å²) in [5, 5.41) is 5.07. The zero-order valence-electron chi connectivity index (χ0n) is 8.51. The van der Waals surface area contributed by atoms with Gasteiger partial charge in [0, 0.05) is 25.7 Å². The third-order valence-electron chi connectivity index (χ3n) is 3.30. The van der Waals surface area contributed by atoms with E-state index in [0.717, 1.165) is 5.41 Å². The Labute approximate surface area is 75.5 Å². The molecule has 0 unspecified atom stereocenters. The topological polar surface area (TPSA) is 6.48 Å². The van der Waals surface area contributed by atoms with Gasteiger partial charge < -0.3 is 0 Å². The maximum Gasteiger partial charge on any atom is 0.0205 e. The number of nitrogens with zero attached hydrogens (tertiary/aromatic N) is 2. The van der Waals surface area contributed by atoms with Crippen LogP contribution in [0.3, 0.4) is 0 Å². The molecule has 2 nitrogen and oxygen atoms in total. The molecule has 1 aliphatic carbocycles. The number of hydrogen-bond donors (Lipinski definition) is 0. The molecule has 0 radical (unpaired) electrons. The third kappa shape index (κ3) is 1.27. The summed E-state index contributed by atoms with van der Waals surface area (Å²) < 4.78 is 0. The molecule has 70 valence electrons. The van der Waals surface area contributed by atoms with Gasteiger partial charge in [-0.3, -0.25) is 0 Å². The van der Waals surface area contributed by atoms with Crippen molar-refractivity contribution in [2.75, 3.05) is 19.6 Å². The van der Waals surface area contributed by atoms with Crippen LogP contribution in [0.5, 0.6) is 0 Å². The summed E-state index contributed by atoms with van der Waals surface area (Å²) in [7, 11) is 0. The summed E-state index contributed by atoms with van der Waals surface area (Å²) in [6, 6.07) is 0.685. The molecule has 2 aliphatic rings. The Balaban J connectivity index is 2.03. The zero-order valence-corrected chi connectivity index (χ0v) is 8.51. The van der Waals surface area contributed by atoms with Gasteiger partial charge in [0.2, 0.25) is 0 Å². The van der Waals surface area contributed by atoms with Gasteiger partial charge in [0.25, 0.3) is 0 Å². The number of hydrogen-bond acceptors (Lipinski definition) is 2. The summed E-state index contributed by atoms with van der Waals surface area (Å²) in [4.78, 5) is 0. The second kappa shape index (κ2) is 2.71. The number of hydrazine groups is 1. The first-order valence-corrected chi connectivity index (χ1v) is 5.18. The molecule has 2 rings (SSSR count). The van der Waals surface area contributed by atoms with Gasteiger partial charge in [0.15, 0.2) is 0 Å². The van der Waals surface area contributed by atoms with Crippen LogP contribution in [0.15, 0.2) is 0 Å². The van der Waals surface area contributed by atoms with Gasteiger partial charge in [-0.1, -0.05) is 6.92 Å². The molecule has 1 heterocycles. The van der Waals surface area contributed by atoms with E-state index in [4.69, 9.17) is 0 Å². The van der Waals surface area contributed by atoms with Crippen molar-refractivity contribution < 1.29 is 0 Å². The van der Waals surface area contributed by atoms with Gasteiger partial charge in [0.1, 0.15) is 0 Å². The zero-order chi connectivity index (χ0) is 8.77. The Morgan fingerprint density at radius 1 is 1.25 bits per heavy atom. The lowest BCUT2D eigenvalue weighted by atomic mass is 10.1. The lowest BCUT2D eigenvalue weighted by Gasteiger charge is -2.29. The van der Waals surface area contributed by atoms with Crippen LogP contribution in [0.4, 0.5) is 0 Å². The van der Waals surface area contributed by atoms with Crippen molar-refractivity contribution in [3.63, 3.8) is 0 Å². The van der Waals surface area contributed by atoms with Crippen LogP contribution in [0.25, 0.3) is 0 Å². The van der Waals surface area contributed by atoms with Gasteiger partial charge in [-0.25, -0.2) is 10.0 Å². The van der Waals surface area contributed by atoms with E-state index in [0.29, 0.717) is 6.04 Å². The highest BCUT2D eigenvalue weighted by Crippen LogP contribution is 2.50. The van der Waals surface area contributed by atoms with E-state index in [-0.39, 0.29) is 0 Å². The van der Waals surface area contributed by atoms with Crippen LogP contribution in [0.1, 0.15) is 33.6 Å². The quantitative estimate of drug-likeness (QED) is 0.619. The Morgan fingerprint density at radius 2 is 1.92 bits per heavy atom. The van der Waals surface area contributed by atoms with Crippen LogP contribution in [0.2, 0.25) is 0 Å². The molecule has 0 aromatic rings. The molecule has 0 aromatic heterocycles. The maximum atomic E-state index is 2.55. The molecule has 12 heavy (non-hydrogen) atoms. The van der Waals surface area contributed by atoms with Crippen LogP contribution >= 0.6 is 0 Å². The molecule has 1 spiro atoms. The van der Waals surface area contributed by atoms with Crippen LogP contribution in [-0.2, 0) is 0 Å². The van der Waals surface area contributed by atoms with E-state index < -0.39 is 0 Å². The van der Waals surface area contributed by atoms with Gasteiger partial charge in [-0.15, -0.1) is 0 Å². The Morgan fingerprint density at radius 3 is 2.25 bits per heavy atom. The first-order valence-electron chi connectivity index (χ1n) is 5.18. The highest BCUT2D eigenvalue weighted by atomic mass is 15.7. The van der Waals surface area contributed by atoms with E-state index in [1.54, 1.807) is 0 Å². The molecule has 1 saturated heterocycles. The molecular weight excluding hydrogens is 148 g/mol. The molecule has 2 heteroatoms. The Hall–Kier alpha value is -0.0800. The Bertz CT molecular complexity index is 173. The average molecular weight is 168 g/mol. The van der Waals surface area contributed by atoms with Gasteiger partial charge in [-0.2, -0.15) is 0 Å². The normalized spacial score (nSPS) is 29.0. The van der Waals surface area contributed by atoms with Crippen LogP contribution < -0.4 is 0 Å². The van der Waals surface area contributed by atoms with Crippen molar-refractivity contribution in [3.8, 4) is 0 Å². The highest BCUT2D eigenvalue weighted by Gasteiger charge is 2.51. The molecule has 0 amide bonds. The molecule has 0 bridgehead atoms. The summed E-state index contributed by atoms with van der Waals surface area (Å²) in [6.07, 6.45) is 2.93. The summed E-state index contributed by atoms with van der Waals surface area (Å²) in [6.45, 7) is 10.7. The predicted molar refractivity (Wildman–Crippen MR) is 50.8 cm³/mol. The second-order valence-electron chi connectivity index (χ2n) is 4.67. The monoisotopic (exact) mass is 168 g/mol. The molecule has 0 atom stereocenters. The molecule has 0 N–H and O–H groups in total. The average Bonchev–Trinajstić information content (AvgIpc) is 2.62. The van der Waals surface area contributed by atoms with Crippen LogP contribution in [0, 0.1) is 5.41 Å². The summed E-state index contributed by atoms with van der Waals surface area (Å²) in [5.41, 5.74) is 0.722. The lowest BCUT2D eigenvalue weighted by Crippen LogP contribution is -2.40. The van der Waals surface area contributed by atoms with E-state index in [9.17, 15) is 0 Å². The maximum absolute atomic E-state index is 2.55. The van der Waals surface area contributed by atoms with Crippen molar-refractivity contribution in [1.82, 2.24) is 10.0 Å². The molecule has 1 aliphatic heterocycles. The van der Waals surface area contributed by atoms with Crippen molar-refractivity contribution in [3.05, 3.63) is 0 Å². The largest absolute Gasteiger partial charge is 0.241 e. The third-order valence-corrected chi connectivity index (χ3v) is 3.30. The minimum atomic E-state index is 0.685. The van der Waals surface area contributed by atoms with Crippen LogP contribution in [-0.4, -0.2) is 35.7 Å². The molecule has 2 fully saturated rings. The van der Waals surface area contributed by atoms with Crippen molar-refractivity contribution >= 4 is 0 Å². The first kappa shape index (κ1) is 8.52. The lowest BCUT2D eigenvalue weighted by molar-refractivity contribution is 0.00342. The second-order valence-corrected chi connectivity index (χ2v) is 4.67. The van der Waals surface area contributed by atoms with E-state index in [2.05, 4.69) is 30.8 Å². The molecular formula is C10H20N2. The van der Waals surface area contributed by atoms with E-state index >= 15 is 0 Å². The smallest absolute Gasteiger partial charge is 0.0205 e. The number of rotatable bonds is 2. The minimum absolute atomic E-state index is 0.685. The van der Waals surface area contributed by atoms with E-state index in [1.807, 2.05) is 0 Å². The van der Waals surface area contributed by atoms with Gasteiger partial charge >= 0.3 is 0 Å². The summed E-state index contributed by atoms with van der Waals surface area (Å²) >= 11 is 0. The summed E-state index contributed by atoms with van der Waals surface area (Å²) in [5.74, 6) is 0. The first-order chi connectivity index (χ1) is 5.67. The minimum Gasteiger partial charge on any atom is -0.241 e. The highest BCUT2D eigenvalue weighted by molar-refractivity contribution is 5.01. The molecule has 1 saturated carbocycles. The fourth-order valence-corrected chi connectivity index (χ4v) is 2.27. The van der Waals surface area contributed by atoms with Crippen molar-refractivity contribution in [2.24, 2.45) is 5.41 Å². The molecule has 0 aromatic carbocycles. The van der Waals surface area contributed by atoms with E-state index in [1.165, 1.54) is 32.5 Å². The predicted octanol–water partition coefficient (Wildman–Crippen LogP) is 1.73. The standard InChI is InChI=1S/C10H20N2/c1-4-11-7-10(5-6-10)8-12(11)9(2)3/h9H,4-8H2,1-3H3. The van der Waals surface area contributed by atoms with Crippen molar-refractivity contribution in [1.29, 1.82) is 0 Å². The van der Waals surface area contributed by atoms with Gasteiger partial charge in [0.05, 0.1) is 0 Å². The SMILES string of the molecule is CCN1CC2(CC2)CN1C(C)C. The Kier molecular flexibility index (Phi) is 1.92. The van der Waals surface area contributed by atoms with Crippen molar-refractivity contribution in [2.45, 2.75) is 39.7 Å².